The van der Waals surface area contributed by atoms with E-state index in [-0.39, 0.29) is 24.1 Å². The third-order valence-electron chi connectivity index (χ3n) is 3.37. The first kappa shape index (κ1) is 19.6. The molecule has 26 heavy (non-hydrogen) atoms. The van der Waals surface area contributed by atoms with Crippen molar-refractivity contribution < 1.29 is 22.7 Å². The zero-order valence-electron chi connectivity index (χ0n) is 14.2. The second kappa shape index (κ2) is 9.14. The monoisotopic (exact) mass is 376 g/mol. The SMILES string of the molecule is COCOc1ccc(/C=C/C(=O)NCc2ccc(S(N)(=O)=O)cc2)cc1. The van der Waals surface area contributed by atoms with Crippen LogP contribution in [0.1, 0.15) is 11.1 Å². The molecule has 138 valence electrons. The van der Waals surface area contributed by atoms with Crippen molar-refractivity contribution in [2.45, 2.75) is 11.4 Å². The summed E-state index contributed by atoms with van der Waals surface area (Å²) >= 11 is 0. The minimum Gasteiger partial charge on any atom is -0.468 e. The number of nitrogens with two attached hydrogens (primary N) is 1. The normalized spacial score (nSPS) is 11.5. The van der Waals surface area contributed by atoms with Gasteiger partial charge in [-0.1, -0.05) is 24.3 Å². The smallest absolute Gasteiger partial charge is 0.244 e. The fourth-order valence-electron chi connectivity index (χ4n) is 2.02. The molecule has 0 unspecified atom stereocenters. The van der Waals surface area contributed by atoms with Crippen LogP contribution in [0.4, 0.5) is 0 Å². The Morgan fingerprint density at radius 2 is 1.77 bits per heavy atom. The van der Waals surface area contributed by atoms with Crippen molar-refractivity contribution in [2.75, 3.05) is 13.9 Å². The zero-order chi connectivity index (χ0) is 19.0. The van der Waals surface area contributed by atoms with E-state index >= 15 is 0 Å². The van der Waals surface area contributed by atoms with Crippen molar-refractivity contribution in [3.63, 3.8) is 0 Å². The average molecular weight is 376 g/mol. The number of sulfonamides is 1. The summed E-state index contributed by atoms with van der Waals surface area (Å²) in [5.74, 6) is 0.414. The molecule has 0 heterocycles. The summed E-state index contributed by atoms with van der Waals surface area (Å²) in [7, 11) is -2.17. The maximum Gasteiger partial charge on any atom is 0.244 e. The predicted octanol–water partition coefficient (Wildman–Crippen LogP) is 1.65. The van der Waals surface area contributed by atoms with Crippen LogP contribution in [0.2, 0.25) is 0 Å². The lowest BCUT2D eigenvalue weighted by Crippen LogP contribution is -2.20. The number of nitrogens with one attached hydrogen (secondary N) is 1. The maximum atomic E-state index is 11.9. The zero-order valence-corrected chi connectivity index (χ0v) is 15.0. The van der Waals surface area contributed by atoms with Gasteiger partial charge in [0.15, 0.2) is 6.79 Å². The van der Waals surface area contributed by atoms with Crippen LogP contribution in [0.15, 0.2) is 59.5 Å². The van der Waals surface area contributed by atoms with Gasteiger partial charge in [0.1, 0.15) is 5.75 Å². The quantitative estimate of drug-likeness (QED) is 0.538. The highest BCUT2D eigenvalue weighted by molar-refractivity contribution is 7.89. The lowest BCUT2D eigenvalue weighted by Gasteiger charge is -2.05. The number of primary sulfonamides is 1. The van der Waals surface area contributed by atoms with Crippen LogP contribution in [-0.4, -0.2) is 28.2 Å². The summed E-state index contributed by atoms with van der Waals surface area (Å²) in [5, 5.41) is 7.76. The van der Waals surface area contributed by atoms with E-state index in [4.69, 9.17) is 14.6 Å². The first-order valence-corrected chi connectivity index (χ1v) is 9.22. The van der Waals surface area contributed by atoms with Gasteiger partial charge in [0, 0.05) is 19.7 Å². The molecular weight excluding hydrogens is 356 g/mol. The molecule has 0 atom stereocenters. The van der Waals surface area contributed by atoms with Crippen LogP contribution in [0.3, 0.4) is 0 Å². The second-order valence-electron chi connectivity index (χ2n) is 5.36. The fraction of sp³-hybridized carbons (Fsp3) is 0.167. The van der Waals surface area contributed by atoms with Gasteiger partial charge >= 0.3 is 0 Å². The van der Waals surface area contributed by atoms with Gasteiger partial charge in [0.25, 0.3) is 0 Å². The summed E-state index contributed by atoms with van der Waals surface area (Å²) < 4.78 is 32.5. The van der Waals surface area contributed by atoms with Gasteiger partial charge in [-0.05, 0) is 41.5 Å². The Morgan fingerprint density at radius 1 is 1.12 bits per heavy atom. The highest BCUT2D eigenvalue weighted by atomic mass is 32.2. The van der Waals surface area contributed by atoms with Crippen LogP contribution in [0.5, 0.6) is 5.75 Å². The van der Waals surface area contributed by atoms with Gasteiger partial charge in [-0.2, -0.15) is 0 Å². The van der Waals surface area contributed by atoms with E-state index in [1.54, 1.807) is 37.5 Å². The molecule has 8 heteroatoms. The minimum atomic E-state index is -3.71. The first-order valence-electron chi connectivity index (χ1n) is 7.68. The molecule has 0 spiro atoms. The van der Waals surface area contributed by atoms with Gasteiger partial charge in [-0.3, -0.25) is 4.79 Å². The Bertz CT molecular complexity index is 859. The third-order valence-corrected chi connectivity index (χ3v) is 4.30. The Kier molecular flexibility index (Phi) is 6.90. The third kappa shape index (κ3) is 6.32. The molecule has 2 aromatic carbocycles. The molecule has 0 fully saturated rings. The van der Waals surface area contributed by atoms with E-state index in [2.05, 4.69) is 5.32 Å². The van der Waals surface area contributed by atoms with Crippen molar-refractivity contribution in [1.29, 1.82) is 0 Å². The molecule has 0 saturated heterocycles. The molecule has 2 aromatic rings. The van der Waals surface area contributed by atoms with Crippen molar-refractivity contribution >= 4 is 22.0 Å². The summed E-state index contributed by atoms with van der Waals surface area (Å²) in [6.45, 7) is 0.452. The molecule has 1 amide bonds. The van der Waals surface area contributed by atoms with Crippen LogP contribution in [-0.2, 0) is 26.1 Å². The van der Waals surface area contributed by atoms with Gasteiger partial charge < -0.3 is 14.8 Å². The van der Waals surface area contributed by atoms with Crippen LogP contribution >= 0.6 is 0 Å². The number of carbonyl (C=O) groups excluding carboxylic acids is 1. The number of hydrogen-bond donors (Lipinski definition) is 2. The summed E-state index contributed by atoms with van der Waals surface area (Å²) in [6, 6.07) is 13.2. The topological polar surface area (TPSA) is 108 Å². The molecule has 0 radical (unpaired) electrons. The van der Waals surface area contributed by atoms with Gasteiger partial charge in [-0.25, -0.2) is 13.6 Å². The number of rotatable bonds is 8. The van der Waals surface area contributed by atoms with E-state index in [9.17, 15) is 13.2 Å². The molecular formula is C18H20N2O5S. The molecule has 0 aliphatic rings. The standard InChI is InChI=1S/C18H20N2O5S/c1-24-13-25-16-7-2-14(3-8-16)6-11-18(21)20-12-15-4-9-17(10-5-15)26(19,22)23/h2-11H,12-13H2,1H3,(H,20,21)(H2,19,22,23)/b11-6+. The van der Waals surface area contributed by atoms with E-state index in [1.807, 2.05) is 12.1 Å². The number of methoxy groups -OCH3 is 1. The molecule has 2 rings (SSSR count). The highest BCUT2D eigenvalue weighted by Gasteiger charge is 2.06. The van der Waals surface area contributed by atoms with Crippen LogP contribution in [0.25, 0.3) is 6.08 Å². The molecule has 0 aliphatic heterocycles. The minimum absolute atomic E-state index is 0.0328. The van der Waals surface area contributed by atoms with Crippen molar-refractivity contribution in [1.82, 2.24) is 5.32 Å². The van der Waals surface area contributed by atoms with E-state index in [0.717, 1.165) is 11.1 Å². The largest absolute Gasteiger partial charge is 0.468 e. The fourth-order valence-corrected chi connectivity index (χ4v) is 2.53. The van der Waals surface area contributed by atoms with Crippen molar-refractivity contribution in [3.8, 4) is 5.75 Å². The van der Waals surface area contributed by atoms with Gasteiger partial charge in [-0.15, -0.1) is 0 Å². The summed E-state index contributed by atoms with van der Waals surface area (Å²) in [5.41, 5.74) is 1.61. The summed E-state index contributed by atoms with van der Waals surface area (Å²) in [6.07, 6.45) is 3.10. The Balaban J connectivity index is 1.85. The Hall–Kier alpha value is -2.68. The van der Waals surface area contributed by atoms with E-state index < -0.39 is 10.0 Å². The van der Waals surface area contributed by atoms with Crippen molar-refractivity contribution in [2.24, 2.45) is 5.14 Å². The number of ether oxygens (including phenoxy) is 2. The molecule has 0 saturated carbocycles. The highest BCUT2D eigenvalue weighted by Crippen LogP contribution is 2.13. The number of amides is 1. The van der Waals surface area contributed by atoms with E-state index in [0.29, 0.717) is 5.75 Å². The lowest BCUT2D eigenvalue weighted by atomic mass is 10.2. The second-order valence-corrected chi connectivity index (χ2v) is 6.92. The number of benzene rings is 2. The first-order chi connectivity index (χ1) is 12.4. The van der Waals surface area contributed by atoms with E-state index in [1.165, 1.54) is 18.2 Å². The van der Waals surface area contributed by atoms with Crippen molar-refractivity contribution in [3.05, 3.63) is 65.7 Å². The molecule has 7 nitrogen and oxygen atoms in total. The lowest BCUT2D eigenvalue weighted by molar-refractivity contribution is -0.116. The predicted molar refractivity (Wildman–Crippen MR) is 97.6 cm³/mol. The van der Waals surface area contributed by atoms with Crippen LogP contribution in [0, 0.1) is 0 Å². The van der Waals surface area contributed by atoms with Gasteiger partial charge in [0.2, 0.25) is 15.9 Å². The average Bonchev–Trinajstić information content (AvgIpc) is 2.63. The molecule has 0 aliphatic carbocycles. The molecule has 0 aromatic heterocycles. The van der Waals surface area contributed by atoms with Gasteiger partial charge in [0.05, 0.1) is 4.90 Å². The molecule has 0 bridgehead atoms. The summed E-state index contributed by atoms with van der Waals surface area (Å²) in [4.78, 5) is 11.9. The maximum absolute atomic E-state index is 11.9. The Labute approximate surface area is 152 Å². The number of carbonyl (C=O) groups is 1. The Morgan fingerprint density at radius 3 is 2.35 bits per heavy atom. The van der Waals surface area contributed by atoms with Crippen LogP contribution < -0.4 is 15.2 Å². The number of hydrogen-bond acceptors (Lipinski definition) is 5. The molecule has 3 N–H and O–H groups in total.